The average molecular weight is 330 g/mol. The van der Waals surface area contributed by atoms with E-state index in [1.54, 1.807) is 0 Å². The van der Waals surface area contributed by atoms with Gasteiger partial charge in [-0.15, -0.1) is 0 Å². The van der Waals surface area contributed by atoms with Crippen molar-refractivity contribution >= 4 is 27.0 Å². The lowest BCUT2D eigenvalue weighted by atomic mass is 10.1. The molecule has 1 N–H and O–H groups in total. The van der Waals surface area contributed by atoms with Gasteiger partial charge < -0.3 is 5.32 Å². The lowest BCUT2D eigenvalue weighted by Crippen LogP contribution is -2.14. The quantitative estimate of drug-likeness (QED) is 0.785. The number of para-hydroxylation sites is 2. The van der Waals surface area contributed by atoms with Crippen LogP contribution in [0.5, 0.6) is 0 Å². The van der Waals surface area contributed by atoms with E-state index in [0.717, 1.165) is 21.2 Å². The lowest BCUT2D eigenvalue weighted by molar-refractivity contribution is 0.648. The SMILES string of the molecule is CNC(C)c1ccc(Br)cc1-n1cnc2ccccc21. The summed E-state index contributed by atoms with van der Waals surface area (Å²) in [6, 6.07) is 14.8. The first-order chi connectivity index (χ1) is 9.70. The number of benzene rings is 2. The van der Waals surface area contributed by atoms with Crippen LogP contribution in [0.2, 0.25) is 0 Å². The molecule has 3 aromatic rings. The van der Waals surface area contributed by atoms with Crippen molar-refractivity contribution < 1.29 is 0 Å². The summed E-state index contributed by atoms with van der Waals surface area (Å²) >= 11 is 3.56. The van der Waals surface area contributed by atoms with Crippen LogP contribution >= 0.6 is 15.9 Å². The van der Waals surface area contributed by atoms with Crippen LogP contribution in [-0.4, -0.2) is 16.6 Å². The summed E-state index contributed by atoms with van der Waals surface area (Å²) in [5, 5.41) is 3.30. The van der Waals surface area contributed by atoms with Gasteiger partial charge in [0.05, 0.1) is 16.7 Å². The molecule has 0 bridgehead atoms. The third-order valence-electron chi connectivity index (χ3n) is 3.61. The molecule has 0 aliphatic carbocycles. The number of fused-ring (bicyclic) bond motifs is 1. The van der Waals surface area contributed by atoms with Gasteiger partial charge >= 0.3 is 0 Å². The minimum atomic E-state index is 0.277. The van der Waals surface area contributed by atoms with Crippen LogP contribution < -0.4 is 5.32 Å². The summed E-state index contributed by atoms with van der Waals surface area (Å²) in [4.78, 5) is 4.48. The maximum Gasteiger partial charge on any atom is 0.100 e. The second-order valence-corrected chi connectivity index (χ2v) is 5.73. The van der Waals surface area contributed by atoms with Gasteiger partial charge in [-0.05, 0) is 43.8 Å². The Morgan fingerprint density at radius 1 is 1.20 bits per heavy atom. The fourth-order valence-corrected chi connectivity index (χ4v) is 2.75. The van der Waals surface area contributed by atoms with Gasteiger partial charge in [0.15, 0.2) is 0 Å². The fraction of sp³-hybridized carbons (Fsp3) is 0.188. The Morgan fingerprint density at radius 3 is 2.80 bits per heavy atom. The Morgan fingerprint density at radius 2 is 2.00 bits per heavy atom. The van der Waals surface area contributed by atoms with Crippen LogP contribution in [0.4, 0.5) is 0 Å². The zero-order valence-electron chi connectivity index (χ0n) is 11.5. The van der Waals surface area contributed by atoms with E-state index in [1.807, 2.05) is 31.6 Å². The molecule has 0 saturated heterocycles. The van der Waals surface area contributed by atoms with Crippen LogP contribution in [0.15, 0.2) is 53.3 Å². The van der Waals surface area contributed by atoms with Gasteiger partial charge in [0.1, 0.15) is 6.33 Å². The van der Waals surface area contributed by atoms with E-state index in [9.17, 15) is 0 Å². The number of aromatic nitrogens is 2. The Labute approximate surface area is 126 Å². The number of halogens is 1. The van der Waals surface area contributed by atoms with Crippen LogP contribution in [0, 0.1) is 0 Å². The first kappa shape index (κ1) is 13.3. The van der Waals surface area contributed by atoms with Gasteiger partial charge in [0.2, 0.25) is 0 Å². The Hall–Kier alpha value is -1.65. The Kier molecular flexibility index (Phi) is 3.59. The molecule has 0 aliphatic rings. The van der Waals surface area contributed by atoms with Crippen LogP contribution in [-0.2, 0) is 0 Å². The van der Waals surface area contributed by atoms with E-state index in [4.69, 9.17) is 0 Å². The Bertz CT molecular complexity index is 748. The highest BCUT2D eigenvalue weighted by Crippen LogP contribution is 2.28. The molecule has 0 spiro atoms. The summed E-state index contributed by atoms with van der Waals surface area (Å²) in [6.45, 7) is 2.16. The van der Waals surface area contributed by atoms with E-state index in [-0.39, 0.29) is 6.04 Å². The maximum absolute atomic E-state index is 4.48. The van der Waals surface area contributed by atoms with E-state index in [0.29, 0.717) is 0 Å². The lowest BCUT2D eigenvalue weighted by Gasteiger charge is -2.17. The second kappa shape index (κ2) is 5.38. The molecule has 0 saturated carbocycles. The minimum Gasteiger partial charge on any atom is -0.313 e. The molecule has 1 aromatic heterocycles. The normalized spacial score (nSPS) is 12.8. The molecule has 2 aromatic carbocycles. The van der Waals surface area contributed by atoms with Crippen molar-refractivity contribution in [2.24, 2.45) is 0 Å². The van der Waals surface area contributed by atoms with Crippen molar-refractivity contribution in [2.45, 2.75) is 13.0 Å². The molecular weight excluding hydrogens is 314 g/mol. The molecule has 3 nitrogen and oxygen atoms in total. The first-order valence-electron chi connectivity index (χ1n) is 6.60. The predicted molar refractivity (Wildman–Crippen MR) is 86.2 cm³/mol. The van der Waals surface area contributed by atoms with E-state index >= 15 is 0 Å². The number of imidazole rings is 1. The van der Waals surface area contributed by atoms with Crippen molar-refractivity contribution in [1.82, 2.24) is 14.9 Å². The molecule has 1 unspecified atom stereocenters. The standard InChI is InChI=1S/C16H16BrN3/c1-11(18-2)13-8-7-12(17)9-16(13)20-10-19-14-5-3-4-6-15(14)20/h3-11,18H,1-2H3. The molecule has 102 valence electrons. The van der Waals surface area contributed by atoms with E-state index in [1.165, 1.54) is 5.56 Å². The Balaban J connectivity index is 2.25. The largest absolute Gasteiger partial charge is 0.313 e. The van der Waals surface area contributed by atoms with Gasteiger partial charge in [0, 0.05) is 10.5 Å². The van der Waals surface area contributed by atoms with Crippen molar-refractivity contribution in [3.05, 3.63) is 58.8 Å². The second-order valence-electron chi connectivity index (χ2n) is 4.82. The molecule has 0 aliphatic heterocycles. The first-order valence-corrected chi connectivity index (χ1v) is 7.39. The number of nitrogens with one attached hydrogen (secondary N) is 1. The third-order valence-corrected chi connectivity index (χ3v) is 4.10. The zero-order chi connectivity index (χ0) is 14.1. The van der Waals surface area contributed by atoms with Crippen molar-refractivity contribution in [3.8, 4) is 5.69 Å². The molecule has 20 heavy (non-hydrogen) atoms. The summed E-state index contributed by atoms with van der Waals surface area (Å²) in [7, 11) is 1.97. The third kappa shape index (κ3) is 2.25. The van der Waals surface area contributed by atoms with Crippen molar-refractivity contribution in [2.75, 3.05) is 7.05 Å². The zero-order valence-corrected chi connectivity index (χ0v) is 13.1. The number of hydrogen-bond acceptors (Lipinski definition) is 2. The van der Waals surface area contributed by atoms with Gasteiger partial charge in [-0.1, -0.05) is 34.1 Å². The van der Waals surface area contributed by atoms with Gasteiger partial charge in [-0.3, -0.25) is 4.57 Å². The van der Waals surface area contributed by atoms with Crippen LogP contribution in [0.3, 0.4) is 0 Å². The summed E-state index contributed by atoms with van der Waals surface area (Å²) in [5.41, 5.74) is 4.53. The van der Waals surface area contributed by atoms with Crippen molar-refractivity contribution in [3.63, 3.8) is 0 Å². The smallest absolute Gasteiger partial charge is 0.100 e. The molecule has 4 heteroatoms. The average Bonchev–Trinajstić information content (AvgIpc) is 2.90. The van der Waals surface area contributed by atoms with Crippen LogP contribution in [0.1, 0.15) is 18.5 Å². The van der Waals surface area contributed by atoms with Crippen LogP contribution in [0.25, 0.3) is 16.7 Å². The number of hydrogen-bond donors (Lipinski definition) is 1. The number of nitrogens with zero attached hydrogens (tertiary/aromatic N) is 2. The molecule has 1 heterocycles. The molecule has 0 fully saturated rings. The topological polar surface area (TPSA) is 29.9 Å². The molecule has 0 radical (unpaired) electrons. The highest BCUT2D eigenvalue weighted by molar-refractivity contribution is 9.10. The molecule has 0 amide bonds. The predicted octanol–water partition coefficient (Wildman–Crippen LogP) is 4.07. The maximum atomic E-state index is 4.48. The van der Waals surface area contributed by atoms with E-state index in [2.05, 4.69) is 62.0 Å². The minimum absolute atomic E-state index is 0.277. The highest BCUT2D eigenvalue weighted by Gasteiger charge is 2.13. The summed E-state index contributed by atoms with van der Waals surface area (Å²) in [6.07, 6.45) is 1.89. The summed E-state index contributed by atoms with van der Waals surface area (Å²) in [5.74, 6) is 0. The monoisotopic (exact) mass is 329 g/mol. The van der Waals surface area contributed by atoms with Gasteiger partial charge in [-0.25, -0.2) is 4.98 Å². The fourth-order valence-electron chi connectivity index (χ4n) is 2.40. The van der Waals surface area contributed by atoms with Gasteiger partial charge in [0.25, 0.3) is 0 Å². The number of rotatable bonds is 3. The highest BCUT2D eigenvalue weighted by atomic mass is 79.9. The molecular formula is C16H16BrN3. The molecule has 1 atom stereocenters. The van der Waals surface area contributed by atoms with E-state index < -0.39 is 0 Å². The van der Waals surface area contributed by atoms with Gasteiger partial charge in [-0.2, -0.15) is 0 Å². The summed E-state index contributed by atoms with van der Waals surface area (Å²) < 4.78 is 3.21. The van der Waals surface area contributed by atoms with Crippen molar-refractivity contribution in [1.29, 1.82) is 0 Å². The molecule has 3 rings (SSSR count).